The molecule has 1 saturated heterocycles. The summed E-state index contributed by atoms with van der Waals surface area (Å²) in [5.74, 6) is 5.24. The van der Waals surface area contributed by atoms with Crippen LogP contribution < -0.4 is 16.6 Å². The highest BCUT2D eigenvalue weighted by atomic mass is 32.2. The molecule has 1 fully saturated rings. The molecule has 1 aromatic heterocycles. The van der Waals surface area contributed by atoms with E-state index in [1.807, 2.05) is 0 Å². The summed E-state index contributed by atoms with van der Waals surface area (Å²) in [6.07, 6.45) is 1.95. The lowest BCUT2D eigenvalue weighted by atomic mass is 10.2. The number of nitrogen functional groups attached to an aromatic ring is 1. The van der Waals surface area contributed by atoms with E-state index in [1.54, 1.807) is 12.1 Å². The van der Waals surface area contributed by atoms with E-state index in [0.29, 0.717) is 12.0 Å². The Kier molecular flexibility index (Phi) is 3.48. The molecule has 7 nitrogen and oxygen atoms in total. The van der Waals surface area contributed by atoms with Gasteiger partial charge in [-0.3, -0.25) is 4.79 Å². The molecular weight excluding hydrogens is 256 g/mol. The van der Waals surface area contributed by atoms with Crippen LogP contribution in [0.1, 0.15) is 16.8 Å². The van der Waals surface area contributed by atoms with Gasteiger partial charge in [0.2, 0.25) is 0 Å². The van der Waals surface area contributed by atoms with Gasteiger partial charge in [-0.05, 0) is 18.6 Å². The molecule has 0 spiro atoms. The number of hydrogen-bond acceptors (Lipinski definition) is 6. The van der Waals surface area contributed by atoms with E-state index in [9.17, 15) is 13.2 Å². The van der Waals surface area contributed by atoms with Gasteiger partial charge < -0.3 is 10.7 Å². The largest absolute Gasteiger partial charge is 0.348 e. The second-order valence-electron chi connectivity index (χ2n) is 4.12. The predicted molar refractivity (Wildman–Crippen MR) is 66.6 cm³/mol. The van der Waals surface area contributed by atoms with Crippen molar-refractivity contribution in [2.45, 2.75) is 12.5 Å². The van der Waals surface area contributed by atoms with Crippen LogP contribution in [0.3, 0.4) is 0 Å². The molecule has 1 amide bonds. The van der Waals surface area contributed by atoms with Gasteiger partial charge in [0, 0.05) is 12.2 Å². The average Bonchev–Trinajstić information content (AvgIpc) is 2.68. The number of nitrogens with two attached hydrogens (primary N) is 1. The number of rotatable bonds is 3. The van der Waals surface area contributed by atoms with Gasteiger partial charge >= 0.3 is 0 Å². The summed E-state index contributed by atoms with van der Waals surface area (Å²) < 4.78 is 22.6. The van der Waals surface area contributed by atoms with E-state index in [-0.39, 0.29) is 29.3 Å². The first-order valence-corrected chi connectivity index (χ1v) is 7.27. The second-order valence-corrected chi connectivity index (χ2v) is 6.35. The summed E-state index contributed by atoms with van der Waals surface area (Å²) in [5.41, 5.74) is 2.62. The van der Waals surface area contributed by atoms with Gasteiger partial charge in [-0.15, -0.1) is 0 Å². The number of pyridine rings is 1. The zero-order valence-electron chi connectivity index (χ0n) is 9.59. The van der Waals surface area contributed by atoms with Crippen molar-refractivity contribution in [2.24, 2.45) is 5.84 Å². The lowest BCUT2D eigenvalue weighted by molar-refractivity contribution is 0.0941. The van der Waals surface area contributed by atoms with Gasteiger partial charge in [-0.1, -0.05) is 0 Å². The fraction of sp³-hybridized carbons (Fsp3) is 0.400. The number of amides is 1. The first kappa shape index (κ1) is 12.8. The molecule has 18 heavy (non-hydrogen) atoms. The zero-order valence-corrected chi connectivity index (χ0v) is 10.4. The Balaban J connectivity index is 2.09. The van der Waals surface area contributed by atoms with E-state index in [0.717, 1.165) is 0 Å². The summed E-state index contributed by atoms with van der Waals surface area (Å²) in [7, 11) is -3.01. The fourth-order valence-electron chi connectivity index (χ4n) is 1.88. The van der Waals surface area contributed by atoms with Gasteiger partial charge in [0.15, 0.2) is 15.7 Å². The third-order valence-corrected chi connectivity index (χ3v) is 4.52. The Labute approximate surface area is 105 Å². The molecule has 1 aliphatic rings. The molecule has 0 radical (unpaired) electrons. The molecule has 98 valence electrons. The first-order valence-electron chi connectivity index (χ1n) is 5.45. The van der Waals surface area contributed by atoms with Gasteiger partial charge in [0.1, 0.15) is 0 Å². The minimum atomic E-state index is -3.01. The van der Waals surface area contributed by atoms with Crippen LogP contribution in [-0.4, -0.2) is 36.9 Å². The quantitative estimate of drug-likeness (QED) is 0.493. The molecule has 2 heterocycles. The normalized spacial score (nSPS) is 21.5. The van der Waals surface area contributed by atoms with Crippen LogP contribution >= 0.6 is 0 Å². The molecule has 4 N–H and O–H groups in total. The fourth-order valence-corrected chi connectivity index (χ4v) is 3.55. The van der Waals surface area contributed by atoms with E-state index >= 15 is 0 Å². The third kappa shape index (κ3) is 2.77. The number of carbonyl (C=O) groups excluding carboxylic acids is 1. The highest BCUT2D eigenvalue weighted by molar-refractivity contribution is 7.91. The van der Waals surface area contributed by atoms with Crippen LogP contribution in [0.25, 0.3) is 0 Å². The van der Waals surface area contributed by atoms with Crippen LogP contribution in [-0.2, 0) is 9.84 Å². The molecule has 1 aliphatic heterocycles. The standard InChI is InChI=1S/C10H14N4O3S/c11-14-9-8(2-1-4-12-9)10(15)13-7-3-5-18(16,17)6-7/h1-2,4,7H,3,5-6,11H2,(H,12,14)(H,13,15). The predicted octanol–water partition coefficient (Wildman–Crippen LogP) is -0.716. The summed E-state index contributed by atoms with van der Waals surface area (Å²) in [6, 6.07) is 2.84. The number of nitrogens with zero attached hydrogens (tertiary/aromatic N) is 1. The summed E-state index contributed by atoms with van der Waals surface area (Å²) in [5, 5.41) is 2.67. The Morgan fingerprint density at radius 1 is 1.50 bits per heavy atom. The van der Waals surface area contributed by atoms with Crippen molar-refractivity contribution in [3.8, 4) is 0 Å². The monoisotopic (exact) mass is 270 g/mol. The maximum Gasteiger partial charge on any atom is 0.255 e. The number of carbonyl (C=O) groups is 1. The highest BCUT2D eigenvalue weighted by Crippen LogP contribution is 2.14. The van der Waals surface area contributed by atoms with Crippen molar-refractivity contribution in [3.63, 3.8) is 0 Å². The lowest BCUT2D eigenvalue weighted by Gasteiger charge is -2.12. The number of aromatic nitrogens is 1. The molecular formula is C10H14N4O3S. The summed E-state index contributed by atoms with van der Waals surface area (Å²) in [6.45, 7) is 0. The highest BCUT2D eigenvalue weighted by Gasteiger charge is 2.29. The van der Waals surface area contributed by atoms with Crippen molar-refractivity contribution < 1.29 is 13.2 Å². The Bertz CT molecular complexity index is 558. The molecule has 1 aromatic rings. The number of anilines is 1. The van der Waals surface area contributed by atoms with Crippen LogP contribution in [0.15, 0.2) is 18.3 Å². The van der Waals surface area contributed by atoms with Crippen LogP contribution in [0, 0.1) is 0 Å². The van der Waals surface area contributed by atoms with Gasteiger partial charge in [0.25, 0.3) is 5.91 Å². The topological polar surface area (TPSA) is 114 Å². The van der Waals surface area contributed by atoms with Gasteiger partial charge in [-0.2, -0.15) is 0 Å². The molecule has 0 aromatic carbocycles. The van der Waals surface area contributed by atoms with Crippen molar-refractivity contribution in [1.29, 1.82) is 0 Å². The Morgan fingerprint density at radius 3 is 2.89 bits per heavy atom. The van der Waals surface area contributed by atoms with Crippen molar-refractivity contribution in [3.05, 3.63) is 23.9 Å². The molecule has 0 aliphatic carbocycles. The SMILES string of the molecule is NNc1ncccc1C(=O)NC1CCS(=O)(=O)C1. The number of sulfone groups is 1. The zero-order chi connectivity index (χ0) is 13.2. The smallest absolute Gasteiger partial charge is 0.255 e. The van der Waals surface area contributed by atoms with Crippen LogP contribution in [0.2, 0.25) is 0 Å². The Hall–Kier alpha value is -1.67. The summed E-state index contributed by atoms with van der Waals surface area (Å²) >= 11 is 0. The van der Waals surface area contributed by atoms with Crippen LogP contribution in [0.5, 0.6) is 0 Å². The number of hydrazine groups is 1. The number of nitrogens with one attached hydrogen (secondary N) is 2. The number of hydrogen-bond donors (Lipinski definition) is 3. The maximum atomic E-state index is 11.9. The third-order valence-electron chi connectivity index (χ3n) is 2.76. The molecule has 2 rings (SSSR count). The second kappa shape index (κ2) is 4.91. The summed E-state index contributed by atoms with van der Waals surface area (Å²) in [4.78, 5) is 15.9. The molecule has 8 heteroatoms. The molecule has 0 bridgehead atoms. The van der Waals surface area contributed by atoms with E-state index in [1.165, 1.54) is 6.20 Å². The Morgan fingerprint density at radius 2 is 2.28 bits per heavy atom. The van der Waals surface area contributed by atoms with E-state index < -0.39 is 9.84 Å². The maximum absolute atomic E-state index is 11.9. The molecule has 1 atom stereocenters. The van der Waals surface area contributed by atoms with Gasteiger partial charge in [0.05, 0.1) is 17.1 Å². The first-order chi connectivity index (χ1) is 8.52. The lowest BCUT2D eigenvalue weighted by Crippen LogP contribution is -2.36. The van der Waals surface area contributed by atoms with Gasteiger partial charge in [-0.25, -0.2) is 19.2 Å². The molecule has 0 saturated carbocycles. The molecule has 1 unspecified atom stereocenters. The van der Waals surface area contributed by atoms with Crippen LogP contribution in [0.4, 0.5) is 5.82 Å². The van der Waals surface area contributed by atoms with E-state index in [4.69, 9.17) is 5.84 Å². The minimum Gasteiger partial charge on any atom is -0.348 e. The van der Waals surface area contributed by atoms with Crippen molar-refractivity contribution in [1.82, 2.24) is 10.3 Å². The van der Waals surface area contributed by atoms with Crippen molar-refractivity contribution in [2.75, 3.05) is 16.9 Å². The van der Waals surface area contributed by atoms with Crippen molar-refractivity contribution >= 4 is 21.6 Å². The van der Waals surface area contributed by atoms with E-state index in [2.05, 4.69) is 15.7 Å². The average molecular weight is 270 g/mol. The minimum absolute atomic E-state index is 0.00953.